The van der Waals surface area contributed by atoms with Crippen LogP contribution in [0.5, 0.6) is 0 Å². The van der Waals surface area contributed by atoms with Crippen molar-refractivity contribution < 1.29 is 4.79 Å². The van der Waals surface area contributed by atoms with E-state index in [1.165, 1.54) is 23.5 Å². The lowest BCUT2D eigenvalue weighted by atomic mass is 10.3. The largest absolute Gasteiger partial charge is 0.298 e. The Labute approximate surface area is 119 Å². The fourth-order valence-corrected chi connectivity index (χ4v) is 2.59. The summed E-state index contributed by atoms with van der Waals surface area (Å²) >= 11 is 16.0. The molecule has 0 aliphatic heterocycles. The summed E-state index contributed by atoms with van der Waals surface area (Å²) in [7, 11) is 0. The van der Waals surface area contributed by atoms with Crippen molar-refractivity contribution in [1.29, 1.82) is 0 Å². The molecule has 0 bridgehead atoms. The van der Waals surface area contributed by atoms with Crippen LogP contribution in [0.1, 0.15) is 10.4 Å². The van der Waals surface area contributed by atoms with Crippen LogP contribution in [0.2, 0.25) is 10.3 Å². The Morgan fingerprint density at radius 2 is 2.18 bits per heavy atom. The monoisotopic (exact) mass is 351 g/mol. The van der Waals surface area contributed by atoms with Gasteiger partial charge < -0.3 is 0 Å². The van der Waals surface area contributed by atoms with Crippen LogP contribution in [0.15, 0.2) is 22.1 Å². The number of rotatable bonds is 2. The Morgan fingerprint density at radius 3 is 2.76 bits per heavy atom. The van der Waals surface area contributed by atoms with Gasteiger partial charge >= 0.3 is 0 Å². The van der Waals surface area contributed by atoms with Crippen molar-refractivity contribution in [2.45, 2.75) is 0 Å². The van der Waals surface area contributed by atoms with E-state index in [0.29, 0.717) is 5.13 Å². The molecule has 2 aromatic rings. The summed E-state index contributed by atoms with van der Waals surface area (Å²) in [4.78, 5) is 19.6. The Hall–Kier alpha value is -0.690. The summed E-state index contributed by atoms with van der Waals surface area (Å²) in [6.07, 6.45) is 1.60. The second kappa shape index (κ2) is 5.30. The zero-order valence-corrected chi connectivity index (χ0v) is 12.0. The van der Waals surface area contributed by atoms with Crippen LogP contribution in [-0.4, -0.2) is 15.9 Å². The van der Waals surface area contributed by atoms with E-state index in [2.05, 4.69) is 31.2 Å². The number of hydrogen-bond acceptors (Lipinski definition) is 4. The van der Waals surface area contributed by atoms with Gasteiger partial charge in [-0.05, 0) is 28.1 Å². The first-order valence-corrected chi connectivity index (χ1v) is 6.67. The number of halogens is 3. The summed E-state index contributed by atoms with van der Waals surface area (Å²) in [5.74, 6) is -0.374. The van der Waals surface area contributed by atoms with Crippen LogP contribution in [-0.2, 0) is 0 Å². The molecule has 0 atom stereocenters. The van der Waals surface area contributed by atoms with Gasteiger partial charge in [-0.1, -0.05) is 34.5 Å². The first-order valence-electron chi connectivity index (χ1n) is 4.31. The number of nitrogens with one attached hydrogen (secondary N) is 1. The Balaban J connectivity index is 2.20. The van der Waals surface area contributed by atoms with E-state index in [9.17, 15) is 4.79 Å². The van der Waals surface area contributed by atoms with E-state index in [1.807, 2.05) is 0 Å². The molecular weight excluding hydrogens is 349 g/mol. The SMILES string of the molecule is O=C(Nc1ncc(Br)s1)c1ccc(Cl)nc1Cl. The highest BCUT2D eigenvalue weighted by molar-refractivity contribution is 9.11. The first-order chi connectivity index (χ1) is 8.06. The number of carbonyl (C=O) groups excluding carboxylic acids is 1. The molecule has 0 unspecified atom stereocenters. The van der Waals surface area contributed by atoms with Gasteiger partial charge in [0.25, 0.3) is 5.91 Å². The minimum Gasteiger partial charge on any atom is -0.298 e. The Kier molecular flexibility index (Phi) is 3.98. The van der Waals surface area contributed by atoms with Crippen LogP contribution in [0.4, 0.5) is 5.13 Å². The number of aromatic nitrogens is 2. The van der Waals surface area contributed by atoms with Gasteiger partial charge in [0.2, 0.25) is 0 Å². The average molecular weight is 353 g/mol. The van der Waals surface area contributed by atoms with Gasteiger partial charge in [-0.2, -0.15) is 0 Å². The fourth-order valence-electron chi connectivity index (χ4n) is 1.06. The van der Waals surface area contributed by atoms with E-state index >= 15 is 0 Å². The molecule has 0 aliphatic carbocycles. The van der Waals surface area contributed by atoms with Gasteiger partial charge in [-0.25, -0.2) is 9.97 Å². The van der Waals surface area contributed by atoms with Crippen molar-refractivity contribution in [3.63, 3.8) is 0 Å². The fraction of sp³-hybridized carbons (Fsp3) is 0. The normalized spacial score (nSPS) is 10.3. The molecule has 0 spiro atoms. The maximum absolute atomic E-state index is 11.8. The van der Waals surface area contributed by atoms with Crippen LogP contribution in [0, 0.1) is 0 Å². The third kappa shape index (κ3) is 3.16. The number of thiazole rings is 1. The van der Waals surface area contributed by atoms with Gasteiger partial charge in [0.05, 0.1) is 15.5 Å². The van der Waals surface area contributed by atoms with Crippen LogP contribution >= 0.6 is 50.5 Å². The maximum Gasteiger partial charge on any atom is 0.260 e. The zero-order chi connectivity index (χ0) is 12.4. The van der Waals surface area contributed by atoms with Gasteiger partial charge in [0, 0.05) is 0 Å². The molecule has 0 saturated carbocycles. The highest BCUT2D eigenvalue weighted by Crippen LogP contribution is 2.24. The molecule has 1 amide bonds. The molecule has 0 saturated heterocycles. The summed E-state index contributed by atoms with van der Waals surface area (Å²) < 4.78 is 0.827. The van der Waals surface area contributed by atoms with Crippen molar-refractivity contribution in [2.75, 3.05) is 5.32 Å². The molecule has 2 rings (SSSR count). The summed E-state index contributed by atoms with van der Waals surface area (Å²) in [6.45, 7) is 0. The van der Waals surface area contributed by atoms with E-state index in [1.54, 1.807) is 6.20 Å². The van der Waals surface area contributed by atoms with Crippen LogP contribution in [0.3, 0.4) is 0 Å². The minimum atomic E-state index is -0.374. The first kappa shape index (κ1) is 12.8. The highest BCUT2D eigenvalue weighted by atomic mass is 79.9. The maximum atomic E-state index is 11.8. The number of pyridine rings is 1. The summed E-state index contributed by atoms with van der Waals surface area (Å²) in [5, 5.41) is 3.39. The Morgan fingerprint density at radius 1 is 1.41 bits per heavy atom. The van der Waals surface area contributed by atoms with E-state index in [-0.39, 0.29) is 21.8 Å². The molecule has 17 heavy (non-hydrogen) atoms. The lowest BCUT2D eigenvalue weighted by Crippen LogP contribution is -2.12. The lowest BCUT2D eigenvalue weighted by Gasteiger charge is -2.03. The van der Waals surface area contributed by atoms with E-state index in [0.717, 1.165) is 3.79 Å². The second-order valence-corrected chi connectivity index (χ2v) is 6.05. The number of carbonyl (C=O) groups is 1. The van der Waals surface area contributed by atoms with Gasteiger partial charge in [-0.15, -0.1) is 0 Å². The van der Waals surface area contributed by atoms with E-state index in [4.69, 9.17) is 23.2 Å². The average Bonchev–Trinajstić information content (AvgIpc) is 2.63. The van der Waals surface area contributed by atoms with Crippen molar-refractivity contribution in [3.05, 3.63) is 38.0 Å². The quantitative estimate of drug-likeness (QED) is 0.835. The zero-order valence-electron chi connectivity index (χ0n) is 8.08. The molecule has 2 heterocycles. The molecule has 4 nitrogen and oxygen atoms in total. The van der Waals surface area contributed by atoms with Crippen LogP contribution < -0.4 is 5.32 Å². The second-order valence-electron chi connectivity index (χ2n) is 2.90. The van der Waals surface area contributed by atoms with Crippen molar-refractivity contribution in [3.8, 4) is 0 Å². The number of amides is 1. The van der Waals surface area contributed by atoms with Crippen molar-refractivity contribution in [1.82, 2.24) is 9.97 Å². The van der Waals surface area contributed by atoms with E-state index < -0.39 is 0 Å². The molecule has 2 aromatic heterocycles. The smallest absolute Gasteiger partial charge is 0.260 e. The Bertz CT molecular complexity index is 575. The van der Waals surface area contributed by atoms with Gasteiger partial charge in [-0.3, -0.25) is 10.1 Å². The number of anilines is 1. The molecule has 0 radical (unpaired) electrons. The highest BCUT2D eigenvalue weighted by Gasteiger charge is 2.13. The molecule has 0 aliphatic rings. The predicted molar refractivity (Wildman–Crippen MR) is 72.0 cm³/mol. The van der Waals surface area contributed by atoms with Gasteiger partial charge in [0.15, 0.2) is 5.13 Å². The topological polar surface area (TPSA) is 54.9 Å². The molecular formula is C9H4BrCl2N3OS. The standard InChI is InChI=1S/C9H4BrCl2N3OS/c10-5-3-13-9(17-5)15-8(16)4-1-2-6(11)14-7(4)12/h1-3H,(H,13,15,16). The number of hydrogen-bond donors (Lipinski definition) is 1. The lowest BCUT2D eigenvalue weighted by molar-refractivity contribution is 0.102. The third-order valence-corrected chi connectivity index (χ3v) is 3.65. The molecule has 0 fully saturated rings. The van der Waals surface area contributed by atoms with Crippen LogP contribution in [0.25, 0.3) is 0 Å². The summed E-state index contributed by atoms with van der Waals surface area (Å²) in [5.41, 5.74) is 0.252. The molecule has 88 valence electrons. The predicted octanol–water partition coefficient (Wildman–Crippen LogP) is 3.86. The minimum absolute atomic E-state index is 0.0608. The molecule has 0 aromatic carbocycles. The van der Waals surface area contributed by atoms with Crippen molar-refractivity contribution >= 4 is 61.5 Å². The molecule has 8 heteroatoms. The van der Waals surface area contributed by atoms with Crippen molar-refractivity contribution in [2.24, 2.45) is 0 Å². The summed E-state index contributed by atoms with van der Waals surface area (Å²) in [6, 6.07) is 3.01. The van der Waals surface area contributed by atoms with Gasteiger partial charge in [0.1, 0.15) is 10.3 Å². The third-order valence-electron chi connectivity index (χ3n) is 1.76. The number of nitrogens with zero attached hydrogens (tertiary/aromatic N) is 2. The molecule has 1 N–H and O–H groups in total.